The Balaban J connectivity index is 0.00000200. The van der Waals surface area contributed by atoms with Crippen LogP contribution >= 0.6 is 24.0 Å². The zero-order valence-corrected chi connectivity index (χ0v) is 14.3. The molecule has 1 aromatic rings. The van der Waals surface area contributed by atoms with Gasteiger partial charge in [0.05, 0.1) is 0 Å². The molecule has 0 aromatic heterocycles. The first-order valence-corrected chi connectivity index (χ1v) is 7.20. The molecule has 1 saturated heterocycles. The Labute approximate surface area is 138 Å². The van der Waals surface area contributed by atoms with Gasteiger partial charge < -0.3 is 16.0 Å². The number of piperidine rings is 1. The van der Waals surface area contributed by atoms with Crippen molar-refractivity contribution in [2.75, 3.05) is 31.5 Å². The van der Waals surface area contributed by atoms with E-state index >= 15 is 0 Å². The van der Waals surface area contributed by atoms with Crippen molar-refractivity contribution < 1.29 is 0 Å². The minimum Gasteiger partial charge on any atom is -0.385 e. The number of benzene rings is 1. The van der Waals surface area contributed by atoms with E-state index in [-0.39, 0.29) is 24.0 Å². The van der Waals surface area contributed by atoms with Crippen LogP contribution in [0.15, 0.2) is 35.3 Å². The van der Waals surface area contributed by atoms with Crippen LogP contribution in [-0.2, 0) is 0 Å². The van der Waals surface area contributed by atoms with Crippen molar-refractivity contribution in [3.8, 4) is 0 Å². The number of nitrogens with one attached hydrogen (secondary N) is 1. The fourth-order valence-electron chi connectivity index (χ4n) is 2.28. The van der Waals surface area contributed by atoms with Crippen LogP contribution < -0.4 is 11.1 Å². The van der Waals surface area contributed by atoms with Crippen molar-refractivity contribution in [1.82, 2.24) is 4.90 Å². The average molecular weight is 388 g/mol. The number of likely N-dealkylation sites (tertiary alicyclic amines) is 1. The molecule has 5 heteroatoms. The number of rotatable bonds is 5. The monoisotopic (exact) mass is 388 g/mol. The van der Waals surface area contributed by atoms with E-state index in [0.29, 0.717) is 0 Å². The lowest BCUT2D eigenvalue weighted by molar-refractivity contribution is 0.338. The van der Waals surface area contributed by atoms with Crippen LogP contribution in [0.2, 0.25) is 0 Å². The number of anilines is 1. The molecule has 0 unspecified atom stereocenters. The third kappa shape index (κ3) is 5.98. The summed E-state index contributed by atoms with van der Waals surface area (Å²) in [5.41, 5.74) is 7.16. The number of nitrogens with zero attached hydrogens (tertiary/aromatic N) is 2. The molecule has 0 aliphatic carbocycles. The quantitative estimate of drug-likeness (QED) is 0.353. The molecule has 112 valence electrons. The topological polar surface area (TPSA) is 53.6 Å². The molecule has 1 aliphatic heterocycles. The highest BCUT2D eigenvalue weighted by Crippen LogP contribution is 2.08. The first-order valence-electron chi connectivity index (χ1n) is 7.20. The Morgan fingerprint density at radius 2 is 1.85 bits per heavy atom. The lowest BCUT2D eigenvalue weighted by Gasteiger charge is -2.27. The third-order valence-corrected chi connectivity index (χ3v) is 3.39. The molecule has 0 atom stereocenters. The predicted octanol–water partition coefficient (Wildman–Crippen LogP) is 2.91. The number of hydrogen-bond acceptors (Lipinski definition) is 2. The Hall–Kier alpha value is -0.980. The van der Waals surface area contributed by atoms with Gasteiger partial charge in [-0.25, -0.2) is 0 Å². The van der Waals surface area contributed by atoms with E-state index < -0.39 is 0 Å². The van der Waals surface area contributed by atoms with E-state index in [1.165, 1.54) is 19.3 Å². The number of halogens is 1. The highest BCUT2D eigenvalue weighted by atomic mass is 127. The molecule has 1 heterocycles. The SMILES string of the molecule is I.NC(=NCCCNc1ccccc1)N1CCCCC1. The zero-order chi connectivity index (χ0) is 13.3. The summed E-state index contributed by atoms with van der Waals surface area (Å²) in [5, 5.41) is 3.37. The molecule has 1 fully saturated rings. The van der Waals surface area contributed by atoms with Gasteiger partial charge in [0.15, 0.2) is 5.96 Å². The van der Waals surface area contributed by atoms with E-state index in [1.54, 1.807) is 0 Å². The summed E-state index contributed by atoms with van der Waals surface area (Å²) < 4.78 is 0. The fourth-order valence-corrected chi connectivity index (χ4v) is 2.28. The van der Waals surface area contributed by atoms with E-state index in [4.69, 9.17) is 5.73 Å². The molecule has 0 spiro atoms. The number of guanidine groups is 1. The Morgan fingerprint density at radius 3 is 2.55 bits per heavy atom. The number of nitrogens with two attached hydrogens (primary N) is 1. The number of para-hydroxylation sites is 1. The first kappa shape index (κ1) is 17.1. The van der Waals surface area contributed by atoms with Crippen molar-refractivity contribution in [3.05, 3.63) is 30.3 Å². The van der Waals surface area contributed by atoms with Gasteiger partial charge in [0, 0.05) is 31.9 Å². The van der Waals surface area contributed by atoms with E-state index in [9.17, 15) is 0 Å². The van der Waals surface area contributed by atoms with Gasteiger partial charge >= 0.3 is 0 Å². The normalized spacial score (nSPS) is 15.6. The van der Waals surface area contributed by atoms with E-state index in [2.05, 4.69) is 27.3 Å². The molecule has 0 bridgehead atoms. The molecule has 0 saturated carbocycles. The van der Waals surface area contributed by atoms with Crippen molar-refractivity contribution in [1.29, 1.82) is 0 Å². The van der Waals surface area contributed by atoms with Gasteiger partial charge in [-0.15, -0.1) is 24.0 Å². The lowest BCUT2D eigenvalue weighted by Crippen LogP contribution is -2.40. The average Bonchev–Trinajstić information content (AvgIpc) is 2.49. The van der Waals surface area contributed by atoms with Crippen LogP contribution in [0.3, 0.4) is 0 Å². The van der Waals surface area contributed by atoms with E-state index in [1.807, 2.05) is 18.2 Å². The molecule has 20 heavy (non-hydrogen) atoms. The molecule has 4 nitrogen and oxygen atoms in total. The maximum Gasteiger partial charge on any atom is 0.191 e. The summed E-state index contributed by atoms with van der Waals surface area (Å²) in [7, 11) is 0. The summed E-state index contributed by atoms with van der Waals surface area (Å²) >= 11 is 0. The molecule has 2 rings (SSSR count). The molecule has 0 amide bonds. The van der Waals surface area contributed by atoms with Crippen LogP contribution in [0.5, 0.6) is 0 Å². The number of hydrogen-bond donors (Lipinski definition) is 2. The van der Waals surface area contributed by atoms with Crippen LogP contribution in [0.1, 0.15) is 25.7 Å². The van der Waals surface area contributed by atoms with E-state index in [0.717, 1.165) is 44.2 Å². The maximum atomic E-state index is 6.00. The van der Waals surface area contributed by atoms with Crippen LogP contribution in [0.4, 0.5) is 5.69 Å². The second-order valence-electron chi connectivity index (χ2n) is 4.93. The molecular weight excluding hydrogens is 363 g/mol. The molecule has 0 radical (unpaired) electrons. The highest BCUT2D eigenvalue weighted by molar-refractivity contribution is 14.0. The van der Waals surface area contributed by atoms with Crippen molar-refractivity contribution in [2.45, 2.75) is 25.7 Å². The summed E-state index contributed by atoms with van der Waals surface area (Å²) in [6, 6.07) is 10.2. The van der Waals surface area contributed by atoms with Gasteiger partial charge in [-0.2, -0.15) is 0 Å². The standard InChI is InChI=1S/C15H24N4.HI/c16-15(19-12-5-2-6-13-19)18-11-7-10-17-14-8-3-1-4-9-14;/h1,3-4,8-9,17H,2,5-7,10-13H2,(H2,16,18);1H. The van der Waals surface area contributed by atoms with Gasteiger partial charge in [0.1, 0.15) is 0 Å². The smallest absolute Gasteiger partial charge is 0.191 e. The van der Waals surface area contributed by atoms with Gasteiger partial charge in [-0.1, -0.05) is 18.2 Å². The second-order valence-corrected chi connectivity index (χ2v) is 4.93. The minimum absolute atomic E-state index is 0. The van der Waals surface area contributed by atoms with Crippen LogP contribution in [0, 0.1) is 0 Å². The Kier molecular flexibility index (Phi) is 8.41. The molecule has 1 aromatic carbocycles. The van der Waals surface area contributed by atoms with Crippen LogP contribution in [0.25, 0.3) is 0 Å². The van der Waals surface area contributed by atoms with Gasteiger partial charge in [0.2, 0.25) is 0 Å². The summed E-state index contributed by atoms with van der Waals surface area (Å²) in [4.78, 5) is 6.66. The summed E-state index contributed by atoms with van der Waals surface area (Å²) in [6.07, 6.45) is 4.81. The third-order valence-electron chi connectivity index (χ3n) is 3.39. The molecule has 1 aliphatic rings. The van der Waals surface area contributed by atoms with Crippen LogP contribution in [-0.4, -0.2) is 37.0 Å². The summed E-state index contributed by atoms with van der Waals surface area (Å²) in [5.74, 6) is 0.722. The highest BCUT2D eigenvalue weighted by Gasteiger charge is 2.11. The number of aliphatic imine (C=N–C) groups is 1. The first-order chi connectivity index (χ1) is 9.36. The Morgan fingerprint density at radius 1 is 1.15 bits per heavy atom. The van der Waals surface area contributed by atoms with Gasteiger partial charge in [-0.3, -0.25) is 4.99 Å². The summed E-state index contributed by atoms with van der Waals surface area (Å²) in [6.45, 7) is 3.86. The largest absolute Gasteiger partial charge is 0.385 e. The van der Waals surface area contributed by atoms with Crippen molar-refractivity contribution in [3.63, 3.8) is 0 Å². The van der Waals surface area contributed by atoms with Crippen molar-refractivity contribution >= 4 is 35.6 Å². The maximum absolute atomic E-state index is 6.00. The molecular formula is C15H25IN4. The van der Waals surface area contributed by atoms with Crippen molar-refractivity contribution in [2.24, 2.45) is 10.7 Å². The second kappa shape index (κ2) is 9.85. The fraction of sp³-hybridized carbons (Fsp3) is 0.533. The minimum atomic E-state index is 0. The predicted molar refractivity (Wildman–Crippen MR) is 96.9 cm³/mol. The van der Waals surface area contributed by atoms with Gasteiger partial charge in [0.25, 0.3) is 0 Å². The zero-order valence-electron chi connectivity index (χ0n) is 11.9. The van der Waals surface area contributed by atoms with Gasteiger partial charge in [-0.05, 0) is 37.8 Å². The molecule has 3 N–H and O–H groups in total. The Bertz CT molecular complexity index is 388. The lowest BCUT2D eigenvalue weighted by atomic mass is 10.1.